The summed E-state index contributed by atoms with van der Waals surface area (Å²) in [5, 5.41) is 0. The van der Waals surface area contributed by atoms with Gasteiger partial charge in [-0.15, -0.1) is 24.0 Å². The molecule has 0 spiro atoms. The molecule has 0 fully saturated rings. The molecule has 0 aliphatic rings. The number of hydrogen-bond donors (Lipinski definition) is 0. The fraction of sp³-hybridized carbons (Fsp3) is 0.500. The van der Waals surface area contributed by atoms with Gasteiger partial charge in [-0.1, -0.05) is 24.3 Å². The second-order valence-corrected chi connectivity index (χ2v) is 7.44. The number of hydrogen-bond acceptors (Lipinski definition) is 3. The van der Waals surface area contributed by atoms with Gasteiger partial charge >= 0.3 is 0 Å². The van der Waals surface area contributed by atoms with Crippen molar-refractivity contribution >= 4 is 39.8 Å². The number of benzene rings is 1. The Bertz CT molecular complexity index is 574. The van der Waals surface area contributed by atoms with Crippen molar-refractivity contribution in [2.45, 2.75) is 12.3 Å². The van der Waals surface area contributed by atoms with Gasteiger partial charge in [0.05, 0.1) is 12.3 Å². The van der Waals surface area contributed by atoms with Crippen molar-refractivity contribution in [1.29, 1.82) is 0 Å². The third kappa shape index (κ3) is 7.66. The van der Waals surface area contributed by atoms with Crippen LogP contribution in [0.5, 0.6) is 0 Å². The van der Waals surface area contributed by atoms with Crippen LogP contribution in [0.15, 0.2) is 29.3 Å². The van der Waals surface area contributed by atoms with Gasteiger partial charge in [0.15, 0.2) is 15.8 Å². The minimum Gasteiger partial charge on any atom is -0.349 e. The molecule has 1 aromatic rings. The molecule has 5 nitrogen and oxygen atoms in total. The van der Waals surface area contributed by atoms with E-state index in [2.05, 4.69) is 4.99 Å². The first-order chi connectivity index (χ1) is 9.19. The Morgan fingerprint density at radius 1 is 1.10 bits per heavy atom. The lowest BCUT2D eigenvalue weighted by Gasteiger charge is -2.22. The van der Waals surface area contributed by atoms with Gasteiger partial charge in [-0.3, -0.25) is 0 Å². The summed E-state index contributed by atoms with van der Waals surface area (Å²) in [5.74, 6) is 0.942. The van der Waals surface area contributed by atoms with E-state index in [1.165, 1.54) is 6.26 Å². The molecule has 0 heterocycles. The molecule has 0 bridgehead atoms. The molecule has 0 aromatic heterocycles. The normalized spacial score (nSPS) is 10.5. The highest BCUT2D eigenvalue weighted by molar-refractivity contribution is 14.0. The number of nitrogens with zero attached hydrogens (tertiary/aromatic N) is 3. The summed E-state index contributed by atoms with van der Waals surface area (Å²) < 4.78 is 22.6. The van der Waals surface area contributed by atoms with Crippen LogP contribution in [0, 0.1) is 0 Å². The van der Waals surface area contributed by atoms with Crippen LogP contribution < -0.4 is 0 Å². The molecule has 0 radical (unpaired) electrons. The summed E-state index contributed by atoms with van der Waals surface area (Å²) >= 11 is 0. The number of guanidine groups is 1. The SMILES string of the molecule is CN(C)C(=NCc1cccc(CS(C)(=O)=O)c1)N(C)C.I. The number of halogens is 1. The lowest BCUT2D eigenvalue weighted by Crippen LogP contribution is -2.35. The van der Waals surface area contributed by atoms with Crippen LogP contribution in [0.3, 0.4) is 0 Å². The summed E-state index contributed by atoms with van der Waals surface area (Å²) in [5.41, 5.74) is 1.81. The van der Waals surface area contributed by atoms with Crippen LogP contribution in [0.2, 0.25) is 0 Å². The van der Waals surface area contributed by atoms with E-state index < -0.39 is 9.84 Å². The van der Waals surface area contributed by atoms with E-state index >= 15 is 0 Å². The van der Waals surface area contributed by atoms with Gasteiger partial charge in [0.2, 0.25) is 0 Å². The summed E-state index contributed by atoms with van der Waals surface area (Å²) in [7, 11) is 4.77. The van der Waals surface area contributed by atoms with E-state index in [9.17, 15) is 8.42 Å². The van der Waals surface area contributed by atoms with E-state index in [1.807, 2.05) is 62.3 Å². The van der Waals surface area contributed by atoms with Gasteiger partial charge in [0.25, 0.3) is 0 Å². The second kappa shape index (κ2) is 8.57. The van der Waals surface area contributed by atoms with Crippen molar-refractivity contribution in [2.24, 2.45) is 4.99 Å². The van der Waals surface area contributed by atoms with Crippen molar-refractivity contribution in [1.82, 2.24) is 9.80 Å². The third-order valence-corrected chi connectivity index (χ3v) is 3.48. The molecule has 7 heteroatoms. The predicted octanol–water partition coefficient (Wildman–Crippen LogP) is 1.83. The fourth-order valence-electron chi connectivity index (χ4n) is 1.97. The third-order valence-electron chi connectivity index (χ3n) is 2.62. The molecule has 0 atom stereocenters. The molecule has 120 valence electrons. The Morgan fingerprint density at radius 2 is 1.62 bits per heavy atom. The molecule has 1 rings (SSSR count). The first-order valence-electron chi connectivity index (χ1n) is 6.33. The van der Waals surface area contributed by atoms with Gasteiger partial charge in [-0.25, -0.2) is 13.4 Å². The van der Waals surface area contributed by atoms with Crippen molar-refractivity contribution in [2.75, 3.05) is 34.4 Å². The van der Waals surface area contributed by atoms with Crippen LogP contribution >= 0.6 is 24.0 Å². The van der Waals surface area contributed by atoms with E-state index in [0.717, 1.165) is 17.1 Å². The lowest BCUT2D eigenvalue weighted by atomic mass is 10.1. The van der Waals surface area contributed by atoms with Crippen molar-refractivity contribution < 1.29 is 8.42 Å². The molecule has 0 amide bonds. The molecule has 0 saturated carbocycles. The van der Waals surface area contributed by atoms with Crippen LogP contribution in [-0.4, -0.2) is 58.6 Å². The highest BCUT2D eigenvalue weighted by Gasteiger charge is 2.06. The maximum Gasteiger partial charge on any atom is 0.195 e. The number of sulfone groups is 1. The van der Waals surface area contributed by atoms with Crippen molar-refractivity contribution in [3.8, 4) is 0 Å². The van der Waals surface area contributed by atoms with Gasteiger partial charge in [0, 0.05) is 34.4 Å². The Morgan fingerprint density at radius 3 is 2.10 bits per heavy atom. The first kappa shape index (κ1) is 20.2. The molecular weight excluding hydrogens is 401 g/mol. The smallest absolute Gasteiger partial charge is 0.195 e. The average molecular weight is 425 g/mol. The first-order valence-corrected chi connectivity index (χ1v) is 8.40. The molecule has 0 saturated heterocycles. The van der Waals surface area contributed by atoms with Gasteiger partial charge in [-0.2, -0.15) is 0 Å². The Balaban J connectivity index is 0.00000400. The zero-order valence-corrected chi connectivity index (χ0v) is 16.3. The highest BCUT2D eigenvalue weighted by Crippen LogP contribution is 2.10. The Kier molecular flexibility index (Phi) is 8.23. The van der Waals surface area contributed by atoms with Gasteiger partial charge in [0.1, 0.15) is 0 Å². The molecule has 1 aromatic carbocycles. The quantitative estimate of drug-likeness (QED) is 0.420. The molecule has 0 unspecified atom stereocenters. The molecule has 0 aliphatic heterocycles. The lowest BCUT2D eigenvalue weighted by molar-refractivity contribution is 0.479. The van der Waals surface area contributed by atoms with Crippen LogP contribution in [0.1, 0.15) is 11.1 Å². The second-order valence-electron chi connectivity index (χ2n) is 5.30. The van der Waals surface area contributed by atoms with Crippen LogP contribution in [0.25, 0.3) is 0 Å². The predicted molar refractivity (Wildman–Crippen MR) is 98.9 cm³/mol. The fourth-order valence-corrected chi connectivity index (χ4v) is 2.75. The molecule has 0 N–H and O–H groups in total. The summed E-state index contributed by atoms with van der Waals surface area (Å²) in [6, 6.07) is 7.55. The van der Waals surface area contributed by atoms with E-state index in [-0.39, 0.29) is 29.7 Å². The largest absolute Gasteiger partial charge is 0.349 e. The van der Waals surface area contributed by atoms with E-state index in [4.69, 9.17) is 0 Å². The van der Waals surface area contributed by atoms with E-state index in [0.29, 0.717) is 6.54 Å². The monoisotopic (exact) mass is 425 g/mol. The number of rotatable bonds is 4. The van der Waals surface area contributed by atoms with Crippen LogP contribution in [-0.2, 0) is 22.1 Å². The van der Waals surface area contributed by atoms with Gasteiger partial charge in [-0.05, 0) is 11.1 Å². The summed E-state index contributed by atoms with van der Waals surface area (Å²) in [6.45, 7) is 0.531. The minimum atomic E-state index is -3.00. The van der Waals surface area contributed by atoms with E-state index in [1.54, 1.807) is 0 Å². The zero-order valence-electron chi connectivity index (χ0n) is 13.2. The molecular formula is C14H24IN3O2S. The number of aliphatic imine (C=N–C) groups is 1. The maximum atomic E-state index is 11.3. The highest BCUT2D eigenvalue weighted by atomic mass is 127. The topological polar surface area (TPSA) is 53.0 Å². The Hall–Kier alpha value is -0.830. The van der Waals surface area contributed by atoms with Gasteiger partial charge < -0.3 is 9.80 Å². The standard InChI is InChI=1S/C14H23N3O2S.HI/c1-16(2)14(17(3)4)15-10-12-7-6-8-13(9-12)11-20(5,18)19;/h6-9H,10-11H2,1-5H3;1H. The molecule has 21 heavy (non-hydrogen) atoms. The van der Waals surface area contributed by atoms with Crippen LogP contribution in [0.4, 0.5) is 0 Å². The maximum absolute atomic E-state index is 11.3. The average Bonchev–Trinajstić information content (AvgIpc) is 2.26. The molecule has 0 aliphatic carbocycles. The Labute approximate surface area is 145 Å². The minimum absolute atomic E-state index is 0. The summed E-state index contributed by atoms with van der Waals surface area (Å²) in [6.07, 6.45) is 1.24. The summed E-state index contributed by atoms with van der Waals surface area (Å²) in [4.78, 5) is 8.44. The van der Waals surface area contributed by atoms with Crippen molar-refractivity contribution in [3.05, 3.63) is 35.4 Å². The van der Waals surface area contributed by atoms with Crippen molar-refractivity contribution in [3.63, 3.8) is 0 Å². The zero-order chi connectivity index (χ0) is 15.3.